The number of hydrogen-bond acceptors (Lipinski definition) is 6. The maximum absolute atomic E-state index is 12.6. The van der Waals surface area contributed by atoms with Crippen LogP contribution in [0, 0.1) is 0 Å². The summed E-state index contributed by atoms with van der Waals surface area (Å²) in [6.45, 7) is 0.994. The summed E-state index contributed by atoms with van der Waals surface area (Å²) in [4.78, 5) is 8.40. The van der Waals surface area contributed by atoms with Gasteiger partial charge in [0.05, 0.1) is 12.9 Å². The molecule has 1 fully saturated rings. The Morgan fingerprint density at radius 1 is 1.20 bits per heavy atom. The summed E-state index contributed by atoms with van der Waals surface area (Å²) in [5.41, 5.74) is 0.813. The van der Waals surface area contributed by atoms with Gasteiger partial charge in [0.25, 0.3) is 0 Å². The van der Waals surface area contributed by atoms with Crippen molar-refractivity contribution in [1.82, 2.24) is 14.3 Å². The standard InChI is InChI=1S/C17H22N4O3S/c1-24-16-7-10-18-17(20-16)19-15-8-11-21(12-9-15)25(22,23)13-14-5-3-2-4-6-14/h2-7,10,15H,8-9,11-13H2,1H3,(H,18,19,20). The van der Waals surface area contributed by atoms with Gasteiger partial charge in [-0.2, -0.15) is 4.98 Å². The van der Waals surface area contributed by atoms with Gasteiger partial charge in [0.1, 0.15) is 0 Å². The van der Waals surface area contributed by atoms with E-state index >= 15 is 0 Å². The molecule has 1 aliphatic heterocycles. The van der Waals surface area contributed by atoms with Crippen LogP contribution in [-0.2, 0) is 15.8 Å². The average Bonchev–Trinajstić information content (AvgIpc) is 2.63. The molecular formula is C17H22N4O3S. The predicted octanol–water partition coefficient (Wildman–Crippen LogP) is 1.89. The highest BCUT2D eigenvalue weighted by molar-refractivity contribution is 7.88. The number of hydrogen-bond donors (Lipinski definition) is 1. The van der Waals surface area contributed by atoms with Crippen LogP contribution < -0.4 is 10.1 Å². The molecule has 0 aliphatic carbocycles. The number of methoxy groups -OCH3 is 1. The first-order valence-electron chi connectivity index (χ1n) is 8.22. The van der Waals surface area contributed by atoms with Crippen molar-refractivity contribution in [3.8, 4) is 5.88 Å². The smallest absolute Gasteiger partial charge is 0.226 e. The zero-order valence-electron chi connectivity index (χ0n) is 14.1. The average molecular weight is 362 g/mol. The second-order valence-electron chi connectivity index (χ2n) is 5.98. The molecule has 1 aliphatic rings. The van der Waals surface area contributed by atoms with Gasteiger partial charge in [-0.3, -0.25) is 0 Å². The van der Waals surface area contributed by atoms with Gasteiger partial charge in [-0.25, -0.2) is 17.7 Å². The molecule has 0 amide bonds. The maximum atomic E-state index is 12.6. The first kappa shape index (κ1) is 17.6. The number of sulfonamides is 1. The van der Waals surface area contributed by atoms with Crippen molar-refractivity contribution >= 4 is 16.0 Å². The van der Waals surface area contributed by atoms with Crippen LogP contribution in [0.2, 0.25) is 0 Å². The molecule has 0 atom stereocenters. The number of benzene rings is 1. The van der Waals surface area contributed by atoms with E-state index in [1.165, 1.54) is 0 Å². The molecule has 2 heterocycles. The number of ether oxygens (including phenoxy) is 1. The van der Waals surface area contributed by atoms with Crippen LogP contribution in [0.15, 0.2) is 42.6 Å². The SMILES string of the molecule is COc1ccnc(NC2CCN(S(=O)(=O)Cc3ccccc3)CC2)n1. The molecule has 0 spiro atoms. The van der Waals surface area contributed by atoms with Gasteiger partial charge < -0.3 is 10.1 Å². The summed E-state index contributed by atoms with van der Waals surface area (Å²) in [6, 6.07) is 11.1. The highest BCUT2D eigenvalue weighted by Crippen LogP contribution is 2.20. The van der Waals surface area contributed by atoms with Crippen LogP contribution in [0.25, 0.3) is 0 Å². The van der Waals surface area contributed by atoms with Gasteiger partial charge in [0.15, 0.2) is 0 Å². The summed E-state index contributed by atoms with van der Waals surface area (Å²) >= 11 is 0. The van der Waals surface area contributed by atoms with E-state index in [9.17, 15) is 8.42 Å². The molecule has 1 aromatic carbocycles. The van der Waals surface area contributed by atoms with E-state index in [0.717, 1.165) is 5.56 Å². The number of nitrogens with zero attached hydrogens (tertiary/aromatic N) is 3. The van der Waals surface area contributed by atoms with Gasteiger partial charge >= 0.3 is 0 Å². The molecular weight excluding hydrogens is 340 g/mol. The molecule has 2 aromatic rings. The number of nitrogens with one attached hydrogen (secondary N) is 1. The summed E-state index contributed by atoms with van der Waals surface area (Å²) in [5, 5.41) is 3.25. The molecule has 3 rings (SSSR count). The lowest BCUT2D eigenvalue weighted by Gasteiger charge is -2.31. The fourth-order valence-corrected chi connectivity index (χ4v) is 4.43. The highest BCUT2D eigenvalue weighted by Gasteiger charge is 2.28. The number of rotatable bonds is 6. The zero-order valence-corrected chi connectivity index (χ0v) is 14.9. The summed E-state index contributed by atoms with van der Waals surface area (Å²) in [5.74, 6) is 1.05. The third-order valence-electron chi connectivity index (χ3n) is 4.21. The first-order chi connectivity index (χ1) is 12.1. The molecule has 25 heavy (non-hydrogen) atoms. The molecule has 0 unspecified atom stereocenters. The van der Waals surface area contributed by atoms with Crippen LogP contribution in [0.1, 0.15) is 18.4 Å². The van der Waals surface area contributed by atoms with Gasteiger partial charge in [0.2, 0.25) is 21.9 Å². The second-order valence-corrected chi connectivity index (χ2v) is 7.95. The fourth-order valence-electron chi connectivity index (χ4n) is 2.86. The lowest BCUT2D eigenvalue weighted by Crippen LogP contribution is -2.43. The van der Waals surface area contributed by atoms with Crippen LogP contribution >= 0.6 is 0 Å². The Bertz CT molecular complexity index is 791. The molecule has 0 radical (unpaired) electrons. The molecule has 7 nitrogen and oxygen atoms in total. The fraction of sp³-hybridized carbons (Fsp3) is 0.412. The van der Waals surface area contributed by atoms with E-state index in [0.29, 0.717) is 37.8 Å². The van der Waals surface area contributed by atoms with E-state index in [1.807, 2.05) is 30.3 Å². The third-order valence-corrected chi connectivity index (χ3v) is 6.06. The van der Waals surface area contributed by atoms with Crippen LogP contribution in [0.3, 0.4) is 0 Å². The third kappa shape index (κ3) is 4.67. The normalized spacial score (nSPS) is 16.5. The van der Waals surface area contributed by atoms with E-state index in [2.05, 4.69) is 15.3 Å². The largest absolute Gasteiger partial charge is 0.481 e. The number of piperidine rings is 1. The van der Waals surface area contributed by atoms with Gasteiger partial charge in [-0.1, -0.05) is 30.3 Å². The first-order valence-corrected chi connectivity index (χ1v) is 9.83. The van der Waals surface area contributed by atoms with Crippen LogP contribution in [-0.4, -0.2) is 48.9 Å². The Hall–Kier alpha value is -2.19. The minimum Gasteiger partial charge on any atom is -0.481 e. The van der Waals surface area contributed by atoms with Crippen molar-refractivity contribution in [3.63, 3.8) is 0 Å². The van der Waals surface area contributed by atoms with Crippen molar-refractivity contribution in [2.45, 2.75) is 24.6 Å². The van der Waals surface area contributed by atoms with E-state index < -0.39 is 10.0 Å². The minimum atomic E-state index is -3.29. The molecule has 1 N–H and O–H groups in total. The Labute approximate surface area is 148 Å². The van der Waals surface area contributed by atoms with E-state index in [4.69, 9.17) is 4.74 Å². The van der Waals surface area contributed by atoms with Crippen LogP contribution in [0.5, 0.6) is 5.88 Å². The van der Waals surface area contributed by atoms with Gasteiger partial charge in [0, 0.05) is 31.4 Å². The van der Waals surface area contributed by atoms with Crippen molar-refractivity contribution < 1.29 is 13.2 Å². The quantitative estimate of drug-likeness (QED) is 0.845. The lowest BCUT2D eigenvalue weighted by molar-refractivity contribution is 0.328. The molecule has 0 bridgehead atoms. The second kappa shape index (κ2) is 7.79. The Morgan fingerprint density at radius 2 is 1.92 bits per heavy atom. The monoisotopic (exact) mass is 362 g/mol. The van der Waals surface area contributed by atoms with E-state index in [1.54, 1.807) is 23.7 Å². The van der Waals surface area contributed by atoms with Crippen molar-refractivity contribution in [3.05, 3.63) is 48.2 Å². The highest BCUT2D eigenvalue weighted by atomic mass is 32.2. The van der Waals surface area contributed by atoms with Crippen molar-refractivity contribution in [1.29, 1.82) is 0 Å². The summed E-state index contributed by atoms with van der Waals surface area (Å²) < 4.78 is 31.8. The molecule has 1 saturated heterocycles. The van der Waals surface area contributed by atoms with Crippen molar-refractivity contribution in [2.75, 3.05) is 25.5 Å². The number of aromatic nitrogens is 2. The zero-order chi connectivity index (χ0) is 17.7. The molecule has 8 heteroatoms. The van der Waals surface area contributed by atoms with Gasteiger partial charge in [-0.05, 0) is 18.4 Å². The Kier molecular flexibility index (Phi) is 5.50. The predicted molar refractivity (Wildman–Crippen MR) is 95.9 cm³/mol. The van der Waals surface area contributed by atoms with Crippen molar-refractivity contribution in [2.24, 2.45) is 0 Å². The van der Waals surface area contributed by atoms with Gasteiger partial charge in [-0.15, -0.1) is 0 Å². The van der Waals surface area contributed by atoms with E-state index in [-0.39, 0.29) is 11.8 Å². The summed E-state index contributed by atoms with van der Waals surface area (Å²) in [7, 11) is -1.73. The Balaban J connectivity index is 1.56. The maximum Gasteiger partial charge on any atom is 0.226 e. The minimum absolute atomic E-state index is 0.0466. The molecule has 134 valence electrons. The molecule has 1 aromatic heterocycles. The Morgan fingerprint density at radius 3 is 2.60 bits per heavy atom. The lowest BCUT2D eigenvalue weighted by atomic mass is 10.1. The topological polar surface area (TPSA) is 84.4 Å². The summed E-state index contributed by atoms with van der Waals surface area (Å²) in [6.07, 6.45) is 3.07. The number of anilines is 1. The molecule has 0 saturated carbocycles. The van der Waals surface area contributed by atoms with Crippen LogP contribution in [0.4, 0.5) is 5.95 Å².